The van der Waals surface area contributed by atoms with Gasteiger partial charge in [-0.1, -0.05) is 19.9 Å². The van der Waals surface area contributed by atoms with Crippen LogP contribution in [0.1, 0.15) is 24.3 Å². The minimum atomic E-state index is -0.192. The molecule has 0 saturated carbocycles. The maximum Gasteiger partial charge on any atom is 0.272 e. The Balaban J connectivity index is 1.69. The number of aromatic nitrogens is 5. The molecule has 120 valence electrons. The van der Waals surface area contributed by atoms with Crippen LogP contribution in [-0.2, 0) is 6.54 Å². The number of nitrogens with zero attached hydrogens (tertiary/aromatic N) is 4. The Morgan fingerprint density at radius 3 is 3.00 bits per heavy atom. The van der Waals surface area contributed by atoms with Crippen molar-refractivity contribution in [3.63, 3.8) is 0 Å². The van der Waals surface area contributed by atoms with Crippen LogP contribution in [0, 0.1) is 5.92 Å². The Kier molecular flexibility index (Phi) is 4.52. The van der Waals surface area contributed by atoms with Gasteiger partial charge < -0.3 is 5.32 Å². The highest BCUT2D eigenvalue weighted by Crippen LogP contribution is 2.22. The van der Waals surface area contributed by atoms with Gasteiger partial charge in [-0.05, 0) is 23.4 Å². The third-order valence-corrected chi connectivity index (χ3v) is 4.47. The Hall–Kier alpha value is -2.48. The van der Waals surface area contributed by atoms with Crippen LogP contribution in [0.15, 0.2) is 36.2 Å². The molecular weight excluding hydrogens is 312 g/mol. The van der Waals surface area contributed by atoms with Crippen LogP contribution < -0.4 is 5.32 Å². The van der Waals surface area contributed by atoms with Gasteiger partial charge in [0.1, 0.15) is 12.7 Å². The summed E-state index contributed by atoms with van der Waals surface area (Å²) in [5.41, 5.74) is 1.24. The third-order valence-electron chi connectivity index (χ3n) is 3.57. The van der Waals surface area contributed by atoms with Gasteiger partial charge in [0, 0.05) is 0 Å². The summed E-state index contributed by atoms with van der Waals surface area (Å²) in [6.07, 6.45) is 3.13. The Morgan fingerprint density at radius 1 is 1.48 bits per heavy atom. The topological polar surface area (TPSA) is 88.5 Å². The number of aromatic amines is 1. The zero-order valence-electron chi connectivity index (χ0n) is 12.9. The monoisotopic (exact) mass is 330 g/mol. The second-order valence-electron chi connectivity index (χ2n) is 5.59. The first-order valence-electron chi connectivity index (χ1n) is 7.36. The number of hydrogen-bond donors (Lipinski definition) is 2. The lowest BCUT2D eigenvalue weighted by atomic mass is 10.0. The van der Waals surface area contributed by atoms with Crippen molar-refractivity contribution in [1.82, 2.24) is 30.3 Å². The predicted molar refractivity (Wildman–Crippen MR) is 88.0 cm³/mol. The van der Waals surface area contributed by atoms with Crippen molar-refractivity contribution in [2.45, 2.75) is 26.4 Å². The lowest BCUT2D eigenvalue weighted by molar-refractivity contribution is 0.0914. The fraction of sp³-hybridized carbons (Fsp3) is 0.333. The van der Waals surface area contributed by atoms with Crippen molar-refractivity contribution >= 4 is 17.2 Å². The van der Waals surface area contributed by atoms with Crippen molar-refractivity contribution in [3.8, 4) is 10.6 Å². The number of hydrogen-bond acceptors (Lipinski definition) is 5. The molecule has 0 radical (unpaired) electrons. The van der Waals surface area contributed by atoms with Crippen molar-refractivity contribution in [1.29, 1.82) is 0 Å². The molecule has 0 fully saturated rings. The molecule has 0 aliphatic heterocycles. The molecular formula is C15H18N6OS. The summed E-state index contributed by atoms with van der Waals surface area (Å²) in [6, 6.07) is 5.68. The van der Waals surface area contributed by atoms with E-state index in [4.69, 9.17) is 0 Å². The quantitative estimate of drug-likeness (QED) is 0.725. The summed E-state index contributed by atoms with van der Waals surface area (Å²) in [4.78, 5) is 17.4. The molecule has 3 heterocycles. The predicted octanol–water partition coefficient (Wildman–Crippen LogP) is 2.18. The van der Waals surface area contributed by atoms with Crippen LogP contribution in [0.2, 0.25) is 0 Å². The molecule has 8 heteroatoms. The smallest absolute Gasteiger partial charge is 0.272 e. The highest BCUT2D eigenvalue weighted by molar-refractivity contribution is 7.13. The molecule has 2 N–H and O–H groups in total. The first-order valence-corrected chi connectivity index (χ1v) is 8.24. The molecule has 3 aromatic rings. The SMILES string of the molecule is CC(C)[C@H](Cn1cncn1)NC(=O)c1cc(-c2cccs2)[nH]n1. The zero-order valence-corrected chi connectivity index (χ0v) is 13.7. The minimum Gasteiger partial charge on any atom is -0.346 e. The fourth-order valence-electron chi connectivity index (χ4n) is 2.19. The van der Waals surface area contributed by atoms with Gasteiger partial charge >= 0.3 is 0 Å². The summed E-state index contributed by atoms with van der Waals surface area (Å²) in [5, 5.41) is 16.1. The van der Waals surface area contributed by atoms with Crippen LogP contribution >= 0.6 is 11.3 Å². The van der Waals surface area contributed by atoms with E-state index >= 15 is 0 Å². The third kappa shape index (κ3) is 3.65. The van der Waals surface area contributed by atoms with E-state index in [1.54, 1.807) is 28.4 Å². The minimum absolute atomic E-state index is 0.0499. The van der Waals surface area contributed by atoms with Gasteiger partial charge in [0.15, 0.2) is 5.69 Å². The van der Waals surface area contributed by atoms with E-state index in [1.165, 1.54) is 6.33 Å². The lowest BCUT2D eigenvalue weighted by Gasteiger charge is -2.21. The highest BCUT2D eigenvalue weighted by Gasteiger charge is 2.20. The average Bonchev–Trinajstić information content (AvgIpc) is 3.27. The van der Waals surface area contributed by atoms with E-state index in [1.807, 2.05) is 17.5 Å². The summed E-state index contributed by atoms with van der Waals surface area (Å²) in [6.45, 7) is 4.69. The summed E-state index contributed by atoms with van der Waals surface area (Å²) >= 11 is 1.60. The number of H-pyrrole nitrogens is 1. The molecule has 1 amide bonds. The molecule has 0 aromatic carbocycles. The first-order chi connectivity index (χ1) is 11.1. The molecule has 0 aliphatic rings. The Labute approximate surface area is 137 Å². The van der Waals surface area contributed by atoms with Crippen LogP contribution in [0.25, 0.3) is 10.6 Å². The molecule has 1 atom stereocenters. The van der Waals surface area contributed by atoms with E-state index < -0.39 is 0 Å². The van der Waals surface area contributed by atoms with Gasteiger partial charge in [-0.3, -0.25) is 14.6 Å². The van der Waals surface area contributed by atoms with E-state index in [0.29, 0.717) is 12.2 Å². The van der Waals surface area contributed by atoms with Gasteiger partial charge in [0.2, 0.25) is 0 Å². The second-order valence-corrected chi connectivity index (χ2v) is 6.53. The average molecular weight is 330 g/mol. The molecule has 0 spiro atoms. The van der Waals surface area contributed by atoms with Crippen molar-refractivity contribution in [2.75, 3.05) is 0 Å². The van der Waals surface area contributed by atoms with E-state index in [2.05, 4.69) is 39.4 Å². The van der Waals surface area contributed by atoms with E-state index in [0.717, 1.165) is 10.6 Å². The number of nitrogens with one attached hydrogen (secondary N) is 2. The molecule has 0 aliphatic carbocycles. The number of carbonyl (C=O) groups is 1. The molecule has 0 bridgehead atoms. The summed E-state index contributed by atoms with van der Waals surface area (Å²) in [7, 11) is 0. The van der Waals surface area contributed by atoms with Crippen molar-refractivity contribution < 1.29 is 4.79 Å². The van der Waals surface area contributed by atoms with Gasteiger partial charge in [0.25, 0.3) is 5.91 Å². The summed E-state index contributed by atoms with van der Waals surface area (Å²) < 4.78 is 1.71. The molecule has 7 nitrogen and oxygen atoms in total. The number of amides is 1. The Morgan fingerprint density at radius 2 is 2.35 bits per heavy atom. The van der Waals surface area contributed by atoms with Gasteiger partial charge in [0.05, 0.1) is 23.2 Å². The molecule has 3 aromatic heterocycles. The first kappa shape index (κ1) is 15.4. The highest BCUT2D eigenvalue weighted by atomic mass is 32.1. The van der Waals surface area contributed by atoms with Gasteiger partial charge in [-0.2, -0.15) is 10.2 Å². The van der Waals surface area contributed by atoms with E-state index in [9.17, 15) is 4.79 Å². The normalized spacial score (nSPS) is 12.5. The largest absolute Gasteiger partial charge is 0.346 e. The number of carbonyl (C=O) groups excluding carboxylic acids is 1. The molecule has 3 rings (SSSR count). The standard InChI is InChI=1S/C15H18N6OS/c1-10(2)13(7-21-9-16-8-17-21)18-15(22)12-6-11(19-20-12)14-4-3-5-23-14/h3-6,8-10,13H,7H2,1-2H3,(H,18,22)(H,19,20)/t13-/m0/s1. The summed E-state index contributed by atoms with van der Waals surface area (Å²) in [5.74, 6) is 0.0710. The molecule has 0 saturated heterocycles. The number of rotatable bonds is 6. The fourth-order valence-corrected chi connectivity index (χ4v) is 2.88. The maximum absolute atomic E-state index is 12.4. The van der Waals surface area contributed by atoms with Crippen LogP contribution in [0.5, 0.6) is 0 Å². The lowest BCUT2D eigenvalue weighted by Crippen LogP contribution is -2.41. The Bertz CT molecular complexity index is 747. The molecule has 0 unspecified atom stereocenters. The van der Waals surface area contributed by atoms with Crippen LogP contribution in [0.4, 0.5) is 0 Å². The van der Waals surface area contributed by atoms with Gasteiger partial charge in [-0.25, -0.2) is 4.98 Å². The van der Waals surface area contributed by atoms with Crippen LogP contribution in [-0.4, -0.2) is 36.9 Å². The van der Waals surface area contributed by atoms with Crippen LogP contribution in [0.3, 0.4) is 0 Å². The molecule has 23 heavy (non-hydrogen) atoms. The number of thiophene rings is 1. The van der Waals surface area contributed by atoms with Crippen molar-refractivity contribution in [3.05, 3.63) is 41.9 Å². The zero-order chi connectivity index (χ0) is 16.2. The van der Waals surface area contributed by atoms with Crippen molar-refractivity contribution in [2.24, 2.45) is 5.92 Å². The van der Waals surface area contributed by atoms with Gasteiger partial charge in [-0.15, -0.1) is 11.3 Å². The second kappa shape index (κ2) is 6.74. The van der Waals surface area contributed by atoms with E-state index in [-0.39, 0.29) is 17.9 Å². The maximum atomic E-state index is 12.4.